The summed E-state index contributed by atoms with van der Waals surface area (Å²) in [5.41, 5.74) is 8.91. The van der Waals surface area contributed by atoms with Gasteiger partial charge in [0.05, 0.1) is 19.1 Å². The lowest BCUT2D eigenvalue weighted by Crippen LogP contribution is -1.96. The van der Waals surface area contributed by atoms with Crippen LogP contribution in [0.3, 0.4) is 0 Å². The van der Waals surface area contributed by atoms with Gasteiger partial charge in [-0.3, -0.25) is 4.40 Å². The Morgan fingerprint density at radius 3 is 2.86 bits per heavy atom. The van der Waals surface area contributed by atoms with E-state index in [1.54, 1.807) is 13.4 Å². The van der Waals surface area contributed by atoms with Crippen LogP contribution >= 0.6 is 11.3 Å². The van der Waals surface area contributed by atoms with Crippen molar-refractivity contribution in [3.63, 3.8) is 0 Å². The summed E-state index contributed by atoms with van der Waals surface area (Å²) in [4.78, 5) is 5.40. The minimum Gasteiger partial charge on any atom is -0.496 e. The summed E-state index contributed by atoms with van der Waals surface area (Å²) in [6.45, 7) is 0. The predicted molar refractivity (Wildman–Crippen MR) is 87.2 cm³/mol. The van der Waals surface area contributed by atoms with E-state index in [1.165, 1.54) is 11.3 Å². The second kappa shape index (κ2) is 4.92. The van der Waals surface area contributed by atoms with Crippen molar-refractivity contribution in [2.45, 2.75) is 0 Å². The minimum absolute atomic E-state index is 0.562. The molecular formula is C16H13N3O2S. The number of anilines is 1. The molecule has 4 rings (SSSR count). The number of aromatic nitrogens is 2. The lowest BCUT2D eigenvalue weighted by molar-refractivity contribution is 0.416. The quantitative estimate of drug-likeness (QED) is 0.623. The number of hydrogen-bond acceptors (Lipinski definition) is 5. The number of nitrogen functional groups attached to an aromatic ring is 1. The summed E-state index contributed by atoms with van der Waals surface area (Å²) in [5.74, 6) is 2.03. The molecule has 0 aliphatic heterocycles. The van der Waals surface area contributed by atoms with Crippen LogP contribution in [0.1, 0.15) is 0 Å². The van der Waals surface area contributed by atoms with Crippen LogP contribution in [0, 0.1) is 0 Å². The van der Waals surface area contributed by atoms with Gasteiger partial charge in [0.15, 0.2) is 10.7 Å². The Balaban J connectivity index is 1.97. The highest BCUT2D eigenvalue weighted by Gasteiger charge is 2.19. The van der Waals surface area contributed by atoms with Crippen molar-refractivity contribution in [2.24, 2.45) is 0 Å². The maximum absolute atomic E-state index is 6.31. The minimum atomic E-state index is 0.562. The predicted octanol–water partition coefficient (Wildman–Crippen LogP) is 3.91. The van der Waals surface area contributed by atoms with Gasteiger partial charge < -0.3 is 14.9 Å². The molecule has 0 atom stereocenters. The Kier molecular flexibility index (Phi) is 2.90. The fraction of sp³-hybridized carbons (Fsp3) is 0.0625. The molecule has 5 nitrogen and oxygen atoms in total. The number of hydrogen-bond donors (Lipinski definition) is 1. The number of fused-ring (bicyclic) bond motifs is 1. The third kappa shape index (κ3) is 1.81. The van der Waals surface area contributed by atoms with Gasteiger partial charge in [0.2, 0.25) is 0 Å². The third-order valence-electron chi connectivity index (χ3n) is 3.54. The Hall–Kier alpha value is -2.73. The number of nitrogens with two attached hydrogens (primary N) is 1. The Bertz CT molecular complexity index is 938. The number of benzene rings is 1. The van der Waals surface area contributed by atoms with Crippen LogP contribution in [-0.4, -0.2) is 16.5 Å². The van der Waals surface area contributed by atoms with Crippen molar-refractivity contribution >= 4 is 22.1 Å². The highest BCUT2D eigenvalue weighted by Crippen LogP contribution is 2.37. The molecule has 22 heavy (non-hydrogen) atoms. The molecule has 0 amide bonds. The molecule has 1 aromatic carbocycles. The van der Waals surface area contributed by atoms with E-state index in [2.05, 4.69) is 4.98 Å². The second-order valence-corrected chi connectivity index (χ2v) is 5.60. The molecule has 4 aromatic rings. The third-order valence-corrected chi connectivity index (χ3v) is 4.36. The zero-order valence-electron chi connectivity index (χ0n) is 11.8. The van der Waals surface area contributed by atoms with Crippen molar-refractivity contribution in [2.75, 3.05) is 12.8 Å². The molecule has 3 heterocycles. The monoisotopic (exact) mass is 311 g/mol. The lowest BCUT2D eigenvalue weighted by Gasteiger charge is -2.07. The first-order chi connectivity index (χ1) is 10.8. The first kappa shape index (κ1) is 13.0. The summed E-state index contributed by atoms with van der Waals surface area (Å²) in [7, 11) is 1.66. The molecule has 3 aromatic heterocycles. The summed E-state index contributed by atoms with van der Waals surface area (Å²) in [6, 6.07) is 11.5. The van der Waals surface area contributed by atoms with Crippen molar-refractivity contribution in [3.8, 4) is 28.5 Å². The number of ether oxygens (including phenoxy) is 1. The van der Waals surface area contributed by atoms with Crippen molar-refractivity contribution in [1.82, 2.24) is 9.38 Å². The number of imidazole rings is 1. The van der Waals surface area contributed by atoms with E-state index in [-0.39, 0.29) is 0 Å². The van der Waals surface area contributed by atoms with Crippen LogP contribution in [0.25, 0.3) is 27.7 Å². The van der Waals surface area contributed by atoms with Gasteiger partial charge in [-0.1, -0.05) is 12.1 Å². The summed E-state index contributed by atoms with van der Waals surface area (Å²) in [5, 5.41) is 2.03. The van der Waals surface area contributed by atoms with Gasteiger partial charge in [-0.15, -0.1) is 11.3 Å². The number of furan rings is 1. The fourth-order valence-electron chi connectivity index (χ4n) is 2.52. The highest BCUT2D eigenvalue weighted by molar-refractivity contribution is 7.15. The van der Waals surface area contributed by atoms with Crippen molar-refractivity contribution in [3.05, 3.63) is 48.0 Å². The van der Waals surface area contributed by atoms with Gasteiger partial charge in [0.25, 0.3) is 0 Å². The van der Waals surface area contributed by atoms with Gasteiger partial charge in [-0.25, -0.2) is 4.98 Å². The van der Waals surface area contributed by atoms with Gasteiger partial charge in [-0.2, -0.15) is 0 Å². The van der Waals surface area contributed by atoms with Gasteiger partial charge in [-0.05, 0) is 24.3 Å². The number of thiazole rings is 1. The molecule has 0 saturated heterocycles. The number of rotatable bonds is 3. The normalized spacial score (nSPS) is 11.1. The number of methoxy groups -OCH3 is 1. The number of nitrogens with zero attached hydrogens (tertiary/aromatic N) is 2. The molecule has 6 heteroatoms. The maximum atomic E-state index is 6.31. The lowest BCUT2D eigenvalue weighted by atomic mass is 10.1. The molecule has 110 valence electrons. The summed E-state index contributed by atoms with van der Waals surface area (Å²) < 4.78 is 12.8. The zero-order valence-corrected chi connectivity index (χ0v) is 12.6. The SMILES string of the molecule is COc1ccccc1-c1csc2nc(-c3ccco3)c(N)n12. The Morgan fingerprint density at radius 2 is 2.09 bits per heavy atom. The second-order valence-electron chi connectivity index (χ2n) is 4.76. The molecule has 0 radical (unpaired) electrons. The van der Waals surface area contributed by atoms with E-state index in [9.17, 15) is 0 Å². The van der Waals surface area contributed by atoms with E-state index in [4.69, 9.17) is 14.9 Å². The van der Waals surface area contributed by atoms with Gasteiger partial charge in [0.1, 0.15) is 17.3 Å². The van der Waals surface area contributed by atoms with E-state index < -0.39 is 0 Å². The van der Waals surface area contributed by atoms with E-state index in [0.717, 1.165) is 22.0 Å². The topological polar surface area (TPSA) is 65.7 Å². The number of para-hydroxylation sites is 1. The van der Waals surface area contributed by atoms with E-state index >= 15 is 0 Å². The van der Waals surface area contributed by atoms with E-state index in [1.807, 2.05) is 46.2 Å². The van der Waals surface area contributed by atoms with Crippen LogP contribution < -0.4 is 10.5 Å². The van der Waals surface area contributed by atoms with Crippen LogP contribution in [0.2, 0.25) is 0 Å². The molecule has 0 fully saturated rings. The fourth-order valence-corrected chi connectivity index (χ4v) is 3.42. The zero-order chi connectivity index (χ0) is 15.1. The summed E-state index contributed by atoms with van der Waals surface area (Å²) >= 11 is 1.53. The summed E-state index contributed by atoms with van der Waals surface area (Å²) in [6.07, 6.45) is 1.61. The smallest absolute Gasteiger partial charge is 0.196 e. The van der Waals surface area contributed by atoms with Crippen LogP contribution in [-0.2, 0) is 0 Å². The first-order valence-electron chi connectivity index (χ1n) is 6.72. The molecule has 0 spiro atoms. The average molecular weight is 311 g/mol. The molecule has 0 unspecified atom stereocenters. The van der Waals surface area contributed by atoms with Crippen LogP contribution in [0.4, 0.5) is 5.82 Å². The van der Waals surface area contributed by atoms with Crippen LogP contribution in [0.5, 0.6) is 5.75 Å². The van der Waals surface area contributed by atoms with Gasteiger partial charge >= 0.3 is 0 Å². The van der Waals surface area contributed by atoms with Crippen molar-refractivity contribution in [1.29, 1.82) is 0 Å². The van der Waals surface area contributed by atoms with Crippen LogP contribution in [0.15, 0.2) is 52.5 Å². The molecule has 0 aliphatic rings. The van der Waals surface area contributed by atoms with Crippen molar-refractivity contribution < 1.29 is 9.15 Å². The molecule has 0 bridgehead atoms. The molecule has 0 aliphatic carbocycles. The largest absolute Gasteiger partial charge is 0.496 e. The first-order valence-corrected chi connectivity index (χ1v) is 7.60. The molecular weight excluding hydrogens is 298 g/mol. The highest BCUT2D eigenvalue weighted by atomic mass is 32.1. The average Bonchev–Trinajstić information content (AvgIpc) is 3.25. The van der Waals surface area contributed by atoms with Gasteiger partial charge in [0, 0.05) is 10.9 Å². The van der Waals surface area contributed by atoms with E-state index in [0.29, 0.717) is 17.3 Å². The Labute approximate surface area is 130 Å². The Morgan fingerprint density at radius 1 is 1.23 bits per heavy atom. The molecule has 2 N–H and O–H groups in total. The maximum Gasteiger partial charge on any atom is 0.196 e. The molecule has 0 saturated carbocycles. The standard InChI is InChI=1S/C16H13N3O2S/c1-20-12-6-3-2-5-10(12)11-9-22-16-18-14(15(17)19(11)16)13-7-4-8-21-13/h2-9H,17H2,1H3.